The standard InChI is InChI=1S/C14H14ClN3O2/c1-2-12-16-14(20-17-12)9-6-13(19)18(8-9)11-5-3-4-10(15)7-11/h3-5,7,9H,2,6,8H2,1H3/t9-/m1/s1. The zero-order valence-corrected chi connectivity index (χ0v) is 11.8. The Hall–Kier alpha value is -1.88. The molecule has 1 saturated heterocycles. The second kappa shape index (κ2) is 5.25. The van der Waals surface area contributed by atoms with Crippen LogP contribution < -0.4 is 4.90 Å². The van der Waals surface area contributed by atoms with E-state index in [-0.39, 0.29) is 11.8 Å². The van der Waals surface area contributed by atoms with E-state index in [1.807, 2.05) is 19.1 Å². The number of rotatable bonds is 3. The van der Waals surface area contributed by atoms with E-state index < -0.39 is 0 Å². The van der Waals surface area contributed by atoms with Crippen LogP contribution in [-0.2, 0) is 11.2 Å². The van der Waals surface area contributed by atoms with Crippen molar-refractivity contribution in [2.75, 3.05) is 11.4 Å². The van der Waals surface area contributed by atoms with Gasteiger partial charge in [-0.3, -0.25) is 4.79 Å². The SMILES string of the molecule is CCc1noc([C@@H]2CC(=O)N(c3cccc(Cl)c3)C2)n1. The van der Waals surface area contributed by atoms with Crippen molar-refractivity contribution in [1.29, 1.82) is 0 Å². The largest absolute Gasteiger partial charge is 0.339 e. The molecule has 0 aliphatic carbocycles. The molecule has 1 aliphatic rings. The summed E-state index contributed by atoms with van der Waals surface area (Å²) in [6.07, 6.45) is 1.11. The van der Waals surface area contributed by atoms with Crippen LogP contribution in [-0.4, -0.2) is 22.6 Å². The molecule has 1 fully saturated rings. The second-order valence-electron chi connectivity index (χ2n) is 4.79. The number of benzene rings is 1. The lowest BCUT2D eigenvalue weighted by molar-refractivity contribution is -0.117. The van der Waals surface area contributed by atoms with Gasteiger partial charge < -0.3 is 9.42 Å². The van der Waals surface area contributed by atoms with Crippen molar-refractivity contribution in [3.05, 3.63) is 41.0 Å². The third-order valence-electron chi connectivity index (χ3n) is 3.39. The Morgan fingerprint density at radius 2 is 2.35 bits per heavy atom. The predicted octanol–water partition coefficient (Wildman–Crippen LogP) is 2.81. The second-order valence-corrected chi connectivity index (χ2v) is 5.22. The van der Waals surface area contributed by atoms with Gasteiger partial charge in [0.1, 0.15) is 0 Å². The highest BCUT2D eigenvalue weighted by atomic mass is 35.5. The number of hydrogen-bond acceptors (Lipinski definition) is 4. The molecule has 0 radical (unpaired) electrons. The maximum absolute atomic E-state index is 12.1. The molecular formula is C14H14ClN3O2. The van der Waals surface area contributed by atoms with Crippen molar-refractivity contribution in [3.8, 4) is 0 Å². The summed E-state index contributed by atoms with van der Waals surface area (Å²) < 4.78 is 5.23. The van der Waals surface area contributed by atoms with Crippen molar-refractivity contribution >= 4 is 23.2 Å². The Morgan fingerprint density at radius 3 is 3.05 bits per heavy atom. The van der Waals surface area contributed by atoms with Crippen molar-refractivity contribution < 1.29 is 9.32 Å². The van der Waals surface area contributed by atoms with Gasteiger partial charge >= 0.3 is 0 Å². The van der Waals surface area contributed by atoms with E-state index in [1.54, 1.807) is 17.0 Å². The minimum Gasteiger partial charge on any atom is -0.339 e. The van der Waals surface area contributed by atoms with E-state index in [1.165, 1.54) is 0 Å². The van der Waals surface area contributed by atoms with Crippen LogP contribution in [0.3, 0.4) is 0 Å². The molecule has 1 aromatic carbocycles. The molecule has 1 amide bonds. The molecule has 6 heteroatoms. The molecule has 1 atom stereocenters. The quantitative estimate of drug-likeness (QED) is 0.872. The Bertz CT molecular complexity index is 641. The van der Waals surface area contributed by atoms with Crippen molar-refractivity contribution in [1.82, 2.24) is 10.1 Å². The van der Waals surface area contributed by atoms with Crippen LogP contribution in [0.5, 0.6) is 0 Å². The number of aryl methyl sites for hydroxylation is 1. The number of halogens is 1. The minimum absolute atomic E-state index is 0.0470. The molecule has 1 aliphatic heterocycles. The zero-order valence-electron chi connectivity index (χ0n) is 11.0. The van der Waals surface area contributed by atoms with Gasteiger partial charge in [0.05, 0.1) is 5.92 Å². The Labute approximate surface area is 121 Å². The summed E-state index contributed by atoms with van der Waals surface area (Å²) in [6.45, 7) is 2.51. The normalized spacial score (nSPS) is 18.8. The van der Waals surface area contributed by atoms with E-state index in [0.29, 0.717) is 29.7 Å². The van der Waals surface area contributed by atoms with Crippen LogP contribution in [0.15, 0.2) is 28.8 Å². The number of aromatic nitrogens is 2. The summed E-state index contributed by atoms with van der Waals surface area (Å²) >= 11 is 5.97. The molecule has 1 aromatic heterocycles. The van der Waals surface area contributed by atoms with Gasteiger partial charge in [0.2, 0.25) is 11.8 Å². The molecule has 0 saturated carbocycles. The van der Waals surface area contributed by atoms with Crippen molar-refractivity contribution in [3.63, 3.8) is 0 Å². The maximum Gasteiger partial charge on any atom is 0.232 e. The van der Waals surface area contributed by atoms with E-state index in [0.717, 1.165) is 12.1 Å². The van der Waals surface area contributed by atoms with Crippen LogP contribution >= 0.6 is 11.6 Å². The fourth-order valence-corrected chi connectivity index (χ4v) is 2.53. The lowest BCUT2D eigenvalue weighted by Crippen LogP contribution is -2.24. The lowest BCUT2D eigenvalue weighted by atomic mass is 10.1. The van der Waals surface area contributed by atoms with Crippen LogP contribution in [0.1, 0.15) is 31.0 Å². The molecule has 3 rings (SSSR count). The van der Waals surface area contributed by atoms with E-state index >= 15 is 0 Å². The third kappa shape index (κ3) is 2.41. The van der Waals surface area contributed by atoms with Gasteiger partial charge in [0.25, 0.3) is 0 Å². The first-order valence-corrected chi connectivity index (χ1v) is 6.93. The van der Waals surface area contributed by atoms with Gasteiger partial charge in [-0.15, -0.1) is 0 Å². The number of nitrogens with zero attached hydrogens (tertiary/aromatic N) is 3. The highest BCUT2D eigenvalue weighted by Crippen LogP contribution is 2.31. The van der Waals surface area contributed by atoms with Gasteiger partial charge in [-0.25, -0.2) is 0 Å². The van der Waals surface area contributed by atoms with E-state index in [9.17, 15) is 4.79 Å². The van der Waals surface area contributed by atoms with Gasteiger partial charge in [-0.1, -0.05) is 29.7 Å². The van der Waals surface area contributed by atoms with Crippen LogP contribution in [0, 0.1) is 0 Å². The van der Waals surface area contributed by atoms with Crippen molar-refractivity contribution in [2.24, 2.45) is 0 Å². The molecule has 0 bridgehead atoms. The van der Waals surface area contributed by atoms with Crippen LogP contribution in [0.25, 0.3) is 0 Å². The van der Waals surface area contributed by atoms with Crippen molar-refractivity contribution in [2.45, 2.75) is 25.7 Å². The summed E-state index contributed by atoms with van der Waals surface area (Å²) in [6, 6.07) is 7.28. The Kier molecular flexibility index (Phi) is 3.44. The number of anilines is 1. The molecule has 2 heterocycles. The number of amides is 1. The molecule has 5 nitrogen and oxygen atoms in total. The molecule has 0 unspecified atom stereocenters. The van der Waals surface area contributed by atoms with Gasteiger partial charge in [0.15, 0.2) is 5.82 Å². The average Bonchev–Trinajstić information content (AvgIpc) is 3.04. The topological polar surface area (TPSA) is 59.2 Å². The first-order valence-electron chi connectivity index (χ1n) is 6.55. The molecule has 0 spiro atoms. The Morgan fingerprint density at radius 1 is 1.50 bits per heavy atom. The number of hydrogen-bond donors (Lipinski definition) is 0. The number of carbonyl (C=O) groups is 1. The van der Waals surface area contributed by atoms with E-state index in [4.69, 9.17) is 16.1 Å². The zero-order chi connectivity index (χ0) is 14.1. The summed E-state index contributed by atoms with van der Waals surface area (Å²) in [5, 5.41) is 4.49. The fraction of sp³-hybridized carbons (Fsp3) is 0.357. The first kappa shape index (κ1) is 13.1. The van der Waals surface area contributed by atoms with Gasteiger partial charge in [0, 0.05) is 30.1 Å². The summed E-state index contributed by atoms with van der Waals surface area (Å²) in [5.74, 6) is 1.22. The monoisotopic (exact) mass is 291 g/mol. The lowest BCUT2D eigenvalue weighted by Gasteiger charge is -2.16. The molecular weight excluding hydrogens is 278 g/mol. The molecule has 104 valence electrons. The van der Waals surface area contributed by atoms with Gasteiger partial charge in [-0.05, 0) is 18.2 Å². The fourth-order valence-electron chi connectivity index (χ4n) is 2.34. The smallest absolute Gasteiger partial charge is 0.232 e. The van der Waals surface area contributed by atoms with Crippen LogP contribution in [0.4, 0.5) is 5.69 Å². The molecule has 20 heavy (non-hydrogen) atoms. The van der Waals surface area contributed by atoms with Crippen LogP contribution in [0.2, 0.25) is 5.02 Å². The van der Waals surface area contributed by atoms with Gasteiger partial charge in [-0.2, -0.15) is 4.98 Å². The first-order chi connectivity index (χ1) is 9.67. The summed E-state index contributed by atoms with van der Waals surface area (Å²) in [7, 11) is 0. The third-order valence-corrected chi connectivity index (χ3v) is 3.63. The minimum atomic E-state index is -0.0470. The summed E-state index contributed by atoms with van der Waals surface area (Å²) in [4.78, 5) is 18.2. The highest BCUT2D eigenvalue weighted by Gasteiger charge is 2.35. The Balaban J connectivity index is 1.81. The average molecular weight is 292 g/mol. The molecule has 0 N–H and O–H groups in total. The maximum atomic E-state index is 12.1. The highest BCUT2D eigenvalue weighted by molar-refractivity contribution is 6.30. The summed E-state index contributed by atoms with van der Waals surface area (Å²) in [5.41, 5.74) is 0.806. The molecule has 2 aromatic rings. The number of carbonyl (C=O) groups excluding carboxylic acids is 1. The predicted molar refractivity (Wildman–Crippen MR) is 74.8 cm³/mol. The van der Waals surface area contributed by atoms with E-state index in [2.05, 4.69) is 10.1 Å².